The van der Waals surface area contributed by atoms with Crippen LogP contribution < -0.4 is 15.0 Å². The average molecular weight is 608 g/mol. The highest BCUT2D eigenvalue weighted by atomic mass is 35.5. The Morgan fingerprint density at radius 3 is 2.48 bits per heavy atom. The van der Waals surface area contributed by atoms with Gasteiger partial charge in [-0.15, -0.1) is 0 Å². The van der Waals surface area contributed by atoms with Gasteiger partial charge in [-0.05, 0) is 93.1 Å². The third kappa shape index (κ3) is 6.29. The van der Waals surface area contributed by atoms with E-state index >= 15 is 0 Å². The smallest absolute Gasteiger partial charge is 0.418 e. The largest absolute Gasteiger partial charge is 0.492 e. The maximum absolute atomic E-state index is 14.6. The lowest BCUT2D eigenvalue weighted by Gasteiger charge is -2.38. The zero-order chi connectivity index (χ0) is 30.8. The van der Waals surface area contributed by atoms with Crippen molar-refractivity contribution in [2.75, 3.05) is 43.1 Å². The number of rotatable bonds is 11. The lowest BCUT2D eigenvalue weighted by molar-refractivity contribution is -0.137. The molecule has 2 heterocycles. The van der Waals surface area contributed by atoms with Gasteiger partial charge in [0.2, 0.25) is 5.91 Å². The van der Waals surface area contributed by atoms with E-state index < -0.39 is 23.2 Å². The second-order valence-electron chi connectivity index (χ2n) is 11.5. The minimum atomic E-state index is -4.64. The average Bonchev–Trinajstić information content (AvgIpc) is 3.21. The van der Waals surface area contributed by atoms with Crippen LogP contribution in [0, 0.1) is 0 Å². The summed E-state index contributed by atoms with van der Waals surface area (Å²) < 4.78 is 49.7. The number of carbonyl (C=O) groups is 1. The lowest BCUT2D eigenvalue weighted by atomic mass is 9.73. The van der Waals surface area contributed by atoms with Crippen LogP contribution in [0.25, 0.3) is 0 Å². The van der Waals surface area contributed by atoms with Crippen molar-refractivity contribution in [1.82, 2.24) is 4.90 Å². The second kappa shape index (κ2) is 12.9. The first-order valence-corrected chi connectivity index (χ1v) is 15.0. The summed E-state index contributed by atoms with van der Waals surface area (Å²) in [5, 5.41) is 13.6. The molecule has 0 bridgehead atoms. The van der Waals surface area contributed by atoms with Crippen molar-refractivity contribution < 1.29 is 27.8 Å². The number of ether oxygens (including phenoxy) is 1. The summed E-state index contributed by atoms with van der Waals surface area (Å²) in [7, 11) is 0. The van der Waals surface area contributed by atoms with Crippen molar-refractivity contribution in [3.63, 3.8) is 0 Å². The van der Waals surface area contributed by atoms with Gasteiger partial charge in [-0.2, -0.15) is 13.2 Å². The van der Waals surface area contributed by atoms with E-state index in [1.54, 1.807) is 19.1 Å². The zero-order valence-electron chi connectivity index (χ0n) is 24.8. The fourth-order valence-electron chi connectivity index (χ4n) is 6.20. The third-order valence-electron chi connectivity index (χ3n) is 8.83. The van der Waals surface area contributed by atoms with Crippen molar-refractivity contribution in [3.8, 4) is 5.75 Å². The van der Waals surface area contributed by atoms with Gasteiger partial charge in [-0.25, -0.2) is 0 Å². The van der Waals surface area contributed by atoms with Crippen molar-refractivity contribution in [1.29, 1.82) is 0 Å². The van der Waals surface area contributed by atoms with Crippen LogP contribution in [0.4, 0.5) is 24.5 Å². The Labute approximate surface area is 251 Å². The van der Waals surface area contributed by atoms with Crippen LogP contribution >= 0.6 is 11.6 Å². The quantitative estimate of drug-likeness (QED) is 0.280. The van der Waals surface area contributed by atoms with E-state index in [2.05, 4.69) is 16.8 Å². The molecule has 10 heteroatoms. The van der Waals surface area contributed by atoms with Crippen LogP contribution in [0.5, 0.6) is 5.75 Å². The molecule has 0 aliphatic carbocycles. The number of likely N-dealkylation sites (tertiary alicyclic amines) is 1. The number of nitrogens with one attached hydrogen (secondary N) is 1. The number of hydrogen-bond donors (Lipinski definition) is 2. The molecule has 2 N–H and O–H groups in total. The number of allylic oxidation sites excluding steroid dienone is 1. The topological polar surface area (TPSA) is 65.0 Å². The molecule has 6 nitrogen and oxygen atoms in total. The molecule has 0 aromatic heterocycles. The number of alkyl halides is 3. The Bertz CT molecular complexity index is 1300. The van der Waals surface area contributed by atoms with E-state index in [1.165, 1.54) is 4.90 Å². The Morgan fingerprint density at radius 1 is 1.21 bits per heavy atom. The number of aliphatic hydroxyl groups is 1. The van der Waals surface area contributed by atoms with Crippen LogP contribution in [0.3, 0.4) is 0 Å². The summed E-state index contributed by atoms with van der Waals surface area (Å²) in [4.78, 5) is 16.6. The number of anilines is 2. The first kappa shape index (κ1) is 32.2. The molecule has 1 unspecified atom stereocenters. The van der Waals surface area contributed by atoms with E-state index in [0.717, 1.165) is 17.3 Å². The molecular weight excluding hydrogens is 567 g/mol. The first-order chi connectivity index (χ1) is 19.9. The highest BCUT2D eigenvalue weighted by Gasteiger charge is 2.48. The number of carbonyl (C=O) groups excluding carboxylic acids is 1. The normalized spacial score (nSPS) is 18.0. The summed E-state index contributed by atoms with van der Waals surface area (Å²) in [5.41, 5.74) is 1.31. The predicted molar refractivity (Wildman–Crippen MR) is 162 cm³/mol. The Kier molecular flexibility index (Phi) is 9.85. The molecular formula is C32H41ClF3N3O3. The molecule has 1 fully saturated rings. The van der Waals surface area contributed by atoms with Gasteiger partial charge in [-0.1, -0.05) is 39.0 Å². The van der Waals surface area contributed by atoms with Crippen molar-refractivity contribution in [3.05, 3.63) is 64.3 Å². The van der Waals surface area contributed by atoms with Crippen molar-refractivity contribution >= 4 is 28.9 Å². The van der Waals surface area contributed by atoms with Crippen LogP contribution in [0.15, 0.2) is 42.6 Å². The van der Waals surface area contributed by atoms with Gasteiger partial charge < -0.3 is 20.1 Å². The molecule has 4 rings (SSSR count). The van der Waals surface area contributed by atoms with Crippen LogP contribution in [-0.4, -0.2) is 54.8 Å². The maximum atomic E-state index is 14.6. The fraction of sp³-hybridized carbons (Fsp3) is 0.531. The summed E-state index contributed by atoms with van der Waals surface area (Å²) in [6, 6.07) is 7.69. The van der Waals surface area contributed by atoms with Crippen molar-refractivity contribution in [2.24, 2.45) is 0 Å². The molecule has 42 heavy (non-hydrogen) atoms. The van der Waals surface area contributed by atoms with Gasteiger partial charge in [0.05, 0.1) is 29.3 Å². The Balaban J connectivity index is 1.53. The summed E-state index contributed by atoms with van der Waals surface area (Å²) in [5.74, 6) is -0.0365. The number of piperidine rings is 1. The molecule has 230 valence electrons. The minimum Gasteiger partial charge on any atom is -0.492 e. The maximum Gasteiger partial charge on any atom is 0.418 e. The number of aliphatic hydroxyl groups excluding tert-OH is 1. The standard InChI is InChI=1S/C32H41ClF3N3O3/c1-6-21(5)25-17-24(18-27(32(34,35)36)29(25)39(20(3)4)23(7-2)19-40)42-15-14-38-12-10-31(11-13-38)26-16-22(33)8-9-28(26)37-30(31)41/h8-9,16-18,21,23,40H,3,6-7,10-15,19H2,1-2,4-5H3,(H,37,41)/t21-,23?/m1/s1. The van der Waals surface area contributed by atoms with Gasteiger partial charge in [0.15, 0.2) is 0 Å². The fourth-order valence-corrected chi connectivity index (χ4v) is 6.38. The van der Waals surface area contributed by atoms with Gasteiger partial charge >= 0.3 is 6.18 Å². The number of benzene rings is 2. The summed E-state index contributed by atoms with van der Waals surface area (Å²) >= 11 is 6.23. The highest BCUT2D eigenvalue weighted by Crippen LogP contribution is 2.47. The van der Waals surface area contributed by atoms with E-state index in [1.807, 2.05) is 32.9 Å². The number of amides is 1. The number of fused-ring (bicyclic) bond motifs is 2. The molecule has 1 saturated heterocycles. The van der Waals surface area contributed by atoms with Crippen LogP contribution in [0.2, 0.25) is 5.02 Å². The van der Waals surface area contributed by atoms with Crippen LogP contribution in [-0.2, 0) is 16.4 Å². The molecule has 2 aromatic rings. The Morgan fingerprint density at radius 2 is 1.90 bits per heavy atom. The van der Waals surface area contributed by atoms with Gasteiger partial charge in [0.1, 0.15) is 12.4 Å². The number of hydrogen-bond acceptors (Lipinski definition) is 5. The van der Waals surface area contributed by atoms with Gasteiger partial charge in [-0.3, -0.25) is 9.69 Å². The predicted octanol–water partition coefficient (Wildman–Crippen LogP) is 7.35. The second-order valence-corrected chi connectivity index (χ2v) is 11.9. The monoisotopic (exact) mass is 607 g/mol. The molecule has 0 radical (unpaired) electrons. The lowest BCUT2D eigenvalue weighted by Crippen LogP contribution is -2.47. The summed E-state index contributed by atoms with van der Waals surface area (Å²) in [6.07, 6.45) is -2.31. The first-order valence-electron chi connectivity index (χ1n) is 14.6. The van der Waals surface area contributed by atoms with Gasteiger partial charge in [0, 0.05) is 23.0 Å². The Hall–Kier alpha value is -2.75. The minimum absolute atomic E-state index is 0.0108. The molecule has 2 aliphatic heterocycles. The number of halogens is 4. The molecule has 1 spiro atoms. The SMILES string of the molecule is C=C(C)N(c1c([C@H](C)CC)cc(OCCN2CCC3(CC2)C(=O)Nc2ccc(Cl)cc23)cc1C(F)(F)F)C(CC)CO. The van der Waals surface area contributed by atoms with Crippen molar-refractivity contribution in [2.45, 2.75) is 76.9 Å². The molecule has 2 aromatic carbocycles. The van der Waals surface area contributed by atoms with E-state index in [9.17, 15) is 23.1 Å². The summed E-state index contributed by atoms with van der Waals surface area (Å²) in [6.45, 7) is 13.0. The van der Waals surface area contributed by atoms with Crippen LogP contribution in [0.1, 0.15) is 76.0 Å². The third-order valence-corrected chi connectivity index (χ3v) is 9.06. The zero-order valence-corrected chi connectivity index (χ0v) is 25.5. The molecule has 1 amide bonds. The van der Waals surface area contributed by atoms with E-state index in [-0.39, 0.29) is 36.5 Å². The number of nitrogens with zero attached hydrogens (tertiary/aromatic N) is 2. The molecule has 2 atom stereocenters. The highest BCUT2D eigenvalue weighted by molar-refractivity contribution is 6.31. The van der Waals surface area contributed by atoms with Gasteiger partial charge in [0.25, 0.3) is 0 Å². The van der Waals surface area contributed by atoms with E-state index in [4.69, 9.17) is 16.3 Å². The molecule has 0 saturated carbocycles. The van der Waals surface area contributed by atoms with E-state index in [0.29, 0.717) is 61.6 Å². The molecule has 2 aliphatic rings.